The summed E-state index contributed by atoms with van der Waals surface area (Å²) in [6.07, 6.45) is 4.15. The lowest BCUT2D eigenvalue weighted by Crippen LogP contribution is -1.73. The first-order valence-corrected chi connectivity index (χ1v) is 4.84. The predicted molar refractivity (Wildman–Crippen MR) is 50.5 cm³/mol. The molecule has 0 atom stereocenters. The zero-order valence-corrected chi connectivity index (χ0v) is 8.04. The van der Waals surface area contributed by atoms with Gasteiger partial charge in [-0.15, -0.1) is 17.9 Å². The molecular formula is C8H9BrS. The molecule has 1 heterocycles. The minimum Gasteiger partial charge on any atom is -0.148 e. The van der Waals surface area contributed by atoms with E-state index >= 15 is 0 Å². The molecule has 0 aliphatic rings. The van der Waals surface area contributed by atoms with Crippen molar-refractivity contribution in [3.05, 3.63) is 33.5 Å². The van der Waals surface area contributed by atoms with Crippen molar-refractivity contribution in [2.45, 2.75) is 12.8 Å². The molecule has 0 N–H and O–H groups in total. The third-order valence-electron chi connectivity index (χ3n) is 1.22. The van der Waals surface area contributed by atoms with Gasteiger partial charge < -0.3 is 0 Å². The quantitative estimate of drug-likeness (QED) is 0.678. The summed E-state index contributed by atoms with van der Waals surface area (Å²) in [7, 11) is 0. The fourth-order valence-corrected chi connectivity index (χ4v) is 2.20. The molecule has 0 spiro atoms. The standard InChI is InChI=1S/C8H9BrS/c1-2-3-4-8-5-7(9)6-10-8/h2,5-6H,1,3-4H2. The molecule has 54 valence electrons. The largest absolute Gasteiger partial charge is 0.148 e. The molecule has 0 nitrogen and oxygen atoms in total. The van der Waals surface area contributed by atoms with Gasteiger partial charge >= 0.3 is 0 Å². The molecule has 2 heteroatoms. The summed E-state index contributed by atoms with van der Waals surface area (Å²) in [5, 5.41) is 2.11. The summed E-state index contributed by atoms with van der Waals surface area (Å²) in [5.41, 5.74) is 0. The van der Waals surface area contributed by atoms with Gasteiger partial charge in [-0.25, -0.2) is 0 Å². The van der Waals surface area contributed by atoms with Crippen LogP contribution in [-0.2, 0) is 6.42 Å². The highest BCUT2D eigenvalue weighted by atomic mass is 79.9. The Hall–Kier alpha value is -0.0800. The zero-order valence-electron chi connectivity index (χ0n) is 5.64. The van der Waals surface area contributed by atoms with Crippen molar-refractivity contribution in [3.8, 4) is 0 Å². The van der Waals surface area contributed by atoms with Gasteiger partial charge in [0.1, 0.15) is 0 Å². The van der Waals surface area contributed by atoms with Crippen molar-refractivity contribution in [2.24, 2.45) is 0 Å². The fourth-order valence-electron chi connectivity index (χ4n) is 0.729. The highest BCUT2D eigenvalue weighted by Gasteiger charge is 1.94. The number of halogens is 1. The van der Waals surface area contributed by atoms with E-state index in [2.05, 4.69) is 34.0 Å². The number of hydrogen-bond acceptors (Lipinski definition) is 1. The van der Waals surface area contributed by atoms with E-state index in [0.29, 0.717) is 0 Å². The van der Waals surface area contributed by atoms with E-state index in [9.17, 15) is 0 Å². The zero-order chi connectivity index (χ0) is 7.40. The molecule has 1 aromatic heterocycles. The predicted octanol–water partition coefficient (Wildman–Crippen LogP) is 3.63. The summed E-state index contributed by atoms with van der Waals surface area (Å²) < 4.78 is 1.19. The lowest BCUT2D eigenvalue weighted by Gasteiger charge is -1.87. The van der Waals surface area contributed by atoms with Crippen LogP contribution in [0.3, 0.4) is 0 Å². The summed E-state index contributed by atoms with van der Waals surface area (Å²) >= 11 is 5.20. The van der Waals surface area contributed by atoms with Gasteiger partial charge in [0.2, 0.25) is 0 Å². The number of allylic oxidation sites excluding steroid dienone is 1. The van der Waals surface area contributed by atoms with Crippen molar-refractivity contribution in [2.75, 3.05) is 0 Å². The average molecular weight is 217 g/mol. The Morgan fingerprint density at radius 2 is 2.50 bits per heavy atom. The molecule has 0 aliphatic carbocycles. The van der Waals surface area contributed by atoms with E-state index in [1.54, 1.807) is 11.3 Å². The maximum atomic E-state index is 3.68. The lowest BCUT2D eigenvalue weighted by molar-refractivity contribution is 1.03. The Morgan fingerprint density at radius 1 is 1.70 bits per heavy atom. The van der Waals surface area contributed by atoms with Crippen LogP contribution in [0.5, 0.6) is 0 Å². The van der Waals surface area contributed by atoms with Gasteiger partial charge in [0, 0.05) is 14.7 Å². The maximum absolute atomic E-state index is 3.68. The first kappa shape index (κ1) is 8.02. The van der Waals surface area contributed by atoms with Crippen molar-refractivity contribution in [1.29, 1.82) is 0 Å². The molecule has 0 aliphatic heterocycles. The van der Waals surface area contributed by atoms with Crippen molar-refractivity contribution in [1.82, 2.24) is 0 Å². The first-order valence-electron chi connectivity index (χ1n) is 3.16. The van der Waals surface area contributed by atoms with Crippen molar-refractivity contribution >= 4 is 27.3 Å². The van der Waals surface area contributed by atoms with Gasteiger partial charge in [-0.05, 0) is 34.8 Å². The Balaban J connectivity index is 2.49. The topological polar surface area (TPSA) is 0 Å². The molecule has 0 fully saturated rings. The third kappa shape index (κ3) is 2.27. The number of thiophene rings is 1. The second-order valence-electron chi connectivity index (χ2n) is 2.06. The molecule has 0 aromatic carbocycles. The van der Waals surface area contributed by atoms with Gasteiger partial charge in [0.05, 0.1) is 0 Å². The molecule has 0 saturated carbocycles. The van der Waals surface area contributed by atoms with Crippen LogP contribution in [0, 0.1) is 0 Å². The van der Waals surface area contributed by atoms with Crippen LogP contribution in [0.25, 0.3) is 0 Å². The molecule has 0 amide bonds. The Labute approximate surface area is 73.7 Å². The summed E-state index contributed by atoms with van der Waals surface area (Å²) in [5.74, 6) is 0. The van der Waals surface area contributed by atoms with Crippen LogP contribution in [0.4, 0.5) is 0 Å². The average Bonchev–Trinajstić information content (AvgIpc) is 2.31. The molecule has 10 heavy (non-hydrogen) atoms. The van der Waals surface area contributed by atoms with Crippen LogP contribution in [0.2, 0.25) is 0 Å². The Morgan fingerprint density at radius 3 is 3.00 bits per heavy atom. The van der Waals surface area contributed by atoms with Gasteiger partial charge in [0.15, 0.2) is 0 Å². The SMILES string of the molecule is C=CCCc1cc(Br)cs1. The van der Waals surface area contributed by atoms with Crippen LogP contribution in [0.15, 0.2) is 28.6 Å². The molecule has 0 radical (unpaired) electrons. The molecule has 0 saturated heterocycles. The fraction of sp³-hybridized carbons (Fsp3) is 0.250. The van der Waals surface area contributed by atoms with Crippen LogP contribution >= 0.6 is 27.3 Å². The highest BCUT2D eigenvalue weighted by molar-refractivity contribution is 9.10. The van der Waals surface area contributed by atoms with Crippen molar-refractivity contribution in [3.63, 3.8) is 0 Å². The van der Waals surface area contributed by atoms with E-state index in [-0.39, 0.29) is 0 Å². The third-order valence-corrected chi connectivity index (χ3v) is 2.97. The molecule has 0 bridgehead atoms. The second-order valence-corrected chi connectivity index (χ2v) is 3.97. The van der Waals surface area contributed by atoms with Gasteiger partial charge in [-0.2, -0.15) is 0 Å². The van der Waals surface area contributed by atoms with Gasteiger partial charge in [0.25, 0.3) is 0 Å². The van der Waals surface area contributed by atoms with Crippen LogP contribution in [0.1, 0.15) is 11.3 Å². The number of rotatable bonds is 3. The summed E-state index contributed by atoms with van der Waals surface area (Å²) in [6, 6.07) is 2.16. The molecule has 1 rings (SSSR count). The molecular weight excluding hydrogens is 208 g/mol. The monoisotopic (exact) mass is 216 g/mol. The Bertz CT molecular complexity index is 215. The van der Waals surface area contributed by atoms with E-state index in [4.69, 9.17) is 0 Å². The minimum atomic E-state index is 1.08. The second kappa shape index (κ2) is 3.94. The molecule has 1 aromatic rings. The normalized spacial score (nSPS) is 9.70. The van der Waals surface area contributed by atoms with Gasteiger partial charge in [-0.3, -0.25) is 0 Å². The summed E-state index contributed by atoms with van der Waals surface area (Å²) in [6.45, 7) is 3.68. The van der Waals surface area contributed by atoms with E-state index < -0.39 is 0 Å². The van der Waals surface area contributed by atoms with Crippen molar-refractivity contribution < 1.29 is 0 Å². The van der Waals surface area contributed by atoms with E-state index in [1.807, 2.05) is 6.08 Å². The van der Waals surface area contributed by atoms with Crippen LogP contribution < -0.4 is 0 Å². The maximum Gasteiger partial charge on any atom is 0.0285 e. The van der Waals surface area contributed by atoms with E-state index in [1.165, 1.54) is 9.35 Å². The number of hydrogen-bond donors (Lipinski definition) is 0. The Kier molecular flexibility index (Phi) is 3.16. The smallest absolute Gasteiger partial charge is 0.0285 e. The molecule has 0 unspecified atom stereocenters. The summed E-state index contributed by atoms with van der Waals surface area (Å²) in [4.78, 5) is 1.42. The van der Waals surface area contributed by atoms with Crippen LogP contribution in [-0.4, -0.2) is 0 Å². The van der Waals surface area contributed by atoms with E-state index in [0.717, 1.165) is 12.8 Å². The lowest BCUT2D eigenvalue weighted by atomic mass is 10.3. The number of aryl methyl sites for hydroxylation is 1. The minimum absolute atomic E-state index is 1.08. The highest BCUT2D eigenvalue weighted by Crippen LogP contribution is 2.20. The first-order chi connectivity index (χ1) is 4.83. The van der Waals surface area contributed by atoms with Gasteiger partial charge in [-0.1, -0.05) is 6.08 Å².